The Morgan fingerprint density at radius 1 is 1.37 bits per heavy atom. The molecule has 1 rings (SSSR count). The molecule has 19 heavy (non-hydrogen) atoms. The van der Waals surface area contributed by atoms with Crippen molar-refractivity contribution < 1.29 is 4.79 Å². The maximum Gasteiger partial charge on any atom is 0.251 e. The maximum atomic E-state index is 12.1. The van der Waals surface area contributed by atoms with Gasteiger partial charge in [0.05, 0.1) is 0 Å². The summed E-state index contributed by atoms with van der Waals surface area (Å²) < 4.78 is 0.930. The molecule has 0 aromatic heterocycles. The first-order valence-corrected chi connectivity index (χ1v) is 7.78. The number of hydrogen-bond acceptors (Lipinski definition) is 1. The molecule has 0 aliphatic rings. The molecule has 0 saturated heterocycles. The van der Waals surface area contributed by atoms with Crippen LogP contribution in [0, 0.1) is 12.3 Å². The number of alkyl halides is 1. The van der Waals surface area contributed by atoms with Gasteiger partial charge in [0.25, 0.3) is 5.91 Å². The summed E-state index contributed by atoms with van der Waals surface area (Å²) in [6.07, 6.45) is 1.98. The summed E-state index contributed by atoms with van der Waals surface area (Å²) in [5.74, 6) is 0.644. The number of benzene rings is 1. The quantitative estimate of drug-likeness (QED) is 0.753. The third-order valence-corrected chi connectivity index (χ3v) is 3.74. The van der Waals surface area contributed by atoms with Gasteiger partial charge in [-0.15, -0.1) is 11.6 Å². The van der Waals surface area contributed by atoms with E-state index in [0.29, 0.717) is 18.0 Å². The van der Waals surface area contributed by atoms with Crippen LogP contribution in [0.15, 0.2) is 22.7 Å². The van der Waals surface area contributed by atoms with E-state index in [4.69, 9.17) is 11.6 Å². The Labute approximate surface area is 129 Å². The lowest BCUT2D eigenvalue weighted by atomic mass is 9.88. The second-order valence-electron chi connectivity index (χ2n) is 5.66. The maximum absolute atomic E-state index is 12.1. The lowest BCUT2D eigenvalue weighted by molar-refractivity contribution is 0.0934. The number of carbonyl (C=O) groups excluding carboxylic acids is 1. The van der Waals surface area contributed by atoms with Gasteiger partial charge in [-0.1, -0.05) is 29.8 Å². The van der Waals surface area contributed by atoms with Crippen LogP contribution in [0.25, 0.3) is 0 Å². The summed E-state index contributed by atoms with van der Waals surface area (Å²) in [6.45, 7) is 6.93. The van der Waals surface area contributed by atoms with E-state index in [1.165, 1.54) is 0 Å². The molecule has 0 aliphatic heterocycles. The van der Waals surface area contributed by atoms with Crippen molar-refractivity contribution in [2.45, 2.75) is 33.6 Å². The molecule has 0 heterocycles. The van der Waals surface area contributed by atoms with Crippen LogP contribution in [0.2, 0.25) is 0 Å². The summed E-state index contributed by atoms with van der Waals surface area (Å²) in [6, 6.07) is 5.72. The normalized spacial score (nSPS) is 11.4. The molecule has 0 bridgehead atoms. The third kappa shape index (κ3) is 5.96. The molecule has 0 atom stereocenters. The van der Waals surface area contributed by atoms with Crippen molar-refractivity contribution in [1.82, 2.24) is 5.32 Å². The Morgan fingerprint density at radius 2 is 2.05 bits per heavy atom. The standard InChI is InChI=1S/C15H21BrClNO/c1-11-7-12(9-13(16)8-11)14(19)18-10-15(2,3)5-4-6-17/h7-9H,4-6,10H2,1-3H3,(H,18,19). The number of amides is 1. The Balaban J connectivity index is 2.60. The summed E-state index contributed by atoms with van der Waals surface area (Å²) in [5.41, 5.74) is 1.84. The number of nitrogens with one attached hydrogen (secondary N) is 1. The highest BCUT2D eigenvalue weighted by Crippen LogP contribution is 2.22. The van der Waals surface area contributed by atoms with E-state index in [1.54, 1.807) is 0 Å². The van der Waals surface area contributed by atoms with Gasteiger partial charge in [-0.3, -0.25) is 4.79 Å². The zero-order chi connectivity index (χ0) is 14.5. The second kappa shape index (κ2) is 7.30. The van der Waals surface area contributed by atoms with E-state index in [9.17, 15) is 4.79 Å². The van der Waals surface area contributed by atoms with Gasteiger partial charge < -0.3 is 5.32 Å². The SMILES string of the molecule is Cc1cc(Br)cc(C(=O)NCC(C)(C)CCCCl)c1. The topological polar surface area (TPSA) is 29.1 Å². The summed E-state index contributed by atoms with van der Waals surface area (Å²) in [4.78, 5) is 12.1. The zero-order valence-corrected chi connectivity index (χ0v) is 14.1. The van der Waals surface area contributed by atoms with Gasteiger partial charge in [0.1, 0.15) is 0 Å². The molecule has 1 N–H and O–H groups in total. The number of carbonyl (C=O) groups is 1. The molecule has 0 aliphatic carbocycles. The molecule has 1 aromatic carbocycles. The van der Waals surface area contributed by atoms with Crippen molar-refractivity contribution in [3.05, 3.63) is 33.8 Å². The number of halogens is 2. The van der Waals surface area contributed by atoms with E-state index < -0.39 is 0 Å². The van der Waals surface area contributed by atoms with E-state index in [2.05, 4.69) is 35.1 Å². The Hall–Kier alpha value is -0.540. The minimum Gasteiger partial charge on any atom is -0.352 e. The van der Waals surface area contributed by atoms with Crippen LogP contribution >= 0.6 is 27.5 Å². The average Bonchev–Trinajstić information content (AvgIpc) is 2.32. The van der Waals surface area contributed by atoms with Crippen LogP contribution in [0.1, 0.15) is 42.6 Å². The highest BCUT2D eigenvalue weighted by molar-refractivity contribution is 9.10. The largest absolute Gasteiger partial charge is 0.352 e. The van der Waals surface area contributed by atoms with Gasteiger partial charge in [-0.25, -0.2) is 0 Å². The molecule has 4 heteroatoms. The van der Waals surface area contributed by atoms with Crippen LogP contribution in [0.5, 0.6) is 0 Å². The monoisotopic (exact) mass is 345 g/mol. The summed E-state index contributed by atoms with van der Waals surface area (Å²) in [5, 5.41) is 3.00. The lowest BCUT2D eigenvalue weighted by Gasteiger charge is -2.24. The van der Waals surface area contributed by atoms with Gasteiger partial charge >= 0.3 is 0 Å². The predicted octanol–water partition coefficient (Wildman–Crippen LogP) is 4.53. The van der Waals surface area contributed by atoms with Crippen LogP contribution in [0.3, 0.4) is 0 Å². The fraction of sp³-hybridized carbons (Fsp3) is 0.533. The smallest absolute Gasteiger partial charge is 0.251 e. The first-order chi connectivity index (χ1) is 8.84. The lowest BCUT2D eigenvalue weighted by Crippen LogP contribution is -2.34. The van der Waals surface area contributed by atoms with Crippen LogP contribution in [0.4, 0.5) is 0 Å². The van der Waals surface area contributed by atoms with Crippen molar-refractivity contribution in [3.63, 3.8) is 0 Å². The van der Waals surface area contributed by atoms with Crippen molar-refractivity contribution in [2.75, 3.05) is 12.4 Å². The minimum atomic E-state index is -0.0247. The molecule has 0 radical (unpaired) electrons. The van der Waals surface area contributed by atoms with Gasteiger partial charge in [-0.2, -0.15) is 0 Å². The van der Waals surface area contributed by atoms with Crippen molar-refractivity contribution in [2.24, 2.45) is 5.41 Å². The van der Waals surface area contributed by atoms with Crippen molar-refractivity contribution in [1.29, 1.82) is 0 Å². The average molecular weight is 347 g/mol. The number of hydrogen-bond donors (Lipinski definition) is 1. The fourth-order valence-electron chi connectivity index (χ4n) is 1.92. The van der Waals surface area contributed by atoms with Crippen molar-refractivity contribution >= 4 is 33.4 Å². The molecule has 1 amide bonds. The van der Waals surface area contributed by atoms with E-state index >= 15 is 0 Å². The molecular weight excluding hydrogens is 326 g/mol. The van der Waals surface area contributed by atoms with E-state index in [1.807, 2.05) is 25.1 Å². The van der Waals surface area contributed by atoms with E-state index in [0.717, 1.165) is 22.9 Å². The molecule has 0 fully saturated rings. The first kappa shape index (κ1) is 16.5. The first-order valence-electron chi connectivity index (χ1n) is 6.45. The molecule has 0 unspecified atom stereocenters. The van der Waals surface area contributed by atoms with Gasteiger partial charge in [0.15, 0.2) is 0 Å². The van der Waals surface area contributed by atoms with Crippen molar-refractivity contribution in [3.8, 4) is 0 Å². The summed E-state index contributed by atoms with van der Waals surface area (Å²) in [7, 11) is 0. The fourth-order valence-corrected chi connectivity index (χ4v) is 2.66. The molecular formula is C15H21BrClNO. The highest BCUT2D eigenvalue weighted by Gasteiger charge is 2.18. The minimum absolute atomic E-state index is 0.0247. The van der Waals surface area contributed by atoms with Crippen LogP contribution < -0.4 is 5.32 Å². The predicted molar refractivity (Wildman–Crippen MR) is 84.9 cm³/mol. The number of rotatable bonds is 6. The molecule has 2 nitrogen and oxygen atoms in total. The van der Waals surface area contributed by atoms with Gasteiger partial charge in [0.2, 0.25) is 0 Å². The molecule has 0 spiro atoms. The molecule has 106 valence electrons. The summed E-state index contributed by atoms with van der Waals surface area (Å²) >= 11 is 9.12. The third-order valence-electron chi connectivity index (χ3n) is 3.02. The van der Waals surface area contributed by atoms with Crippen LogP contribution in [-0.4, -0.2) is 18.3 Å². The van der Waals surface area contributed by atoms with E-state index in [-0.39, 0.29) is 11.3 Å². The Morgan fingerprint density at radius 3 is 2.63 bits per heavy atom. The Kier molecular flexibility index (Phi) is 6.34. The van der Waals surface area contributed by atoms with Gasteiger partial charge in [-0.05, 0) is 48.9 Å². The second-order valence-corrected chi connectivity index (χ2v) is 6.95. The van der Waals surface area contributed by atoms with Crippen LogP contribution in [-0.2, 0) is 0 Å². The molecule has 0 saturated carbocycles. The number of aryl methyl sites for hydroxylation is 1. The van der Waals surface area contributed by atoms with Gasteiger partial charge in [0, 0.05) is 22.5 Å². The molecule has 1 aromatic rings. The highest BCUT2D eigenvalue weighted by atomic mass is 79.9. The Bertz CT molecular complexity index is 426. The zero-order valence-electron chi connectivity index (χ0n) is 11.7.